The standard InChI is InChI=1S/C35H37N3O7/c1-3-4-5-6-7-22-43-30-18-12-28(13-19-30)35(42)44-31-16-8-26(9-17-31)24-38(23-25(2)39)34(41)27-10-14-29(15-11-27)37-33(40)32-20-21-36-45-32/h8-21H,3-7,22-24H2,1-2H3,(H,37,40). The van der Waals surface area contributed by atoms with Crippen LogP contribution in [0, 0.1) is 0 Å². The summed E-state index contributed by atoms with van der Waals surface area (Å²) in [6.45, 7) is 4.33. The van der Waals surface area contributed by atoms with E-state index in [0.29, 0.717) is 34.9 Å². The molecule has 0 aliphatic rings. The van der Waals surface area contributed by atoms with E-state index in [1.165, 1.54) is 43.3 Å². The number of ketones is 1. The van der Waals surface area contributed by atoms with Crippen LogP contribution in [0.3, 0.4) is 0 Å². The summed E-state index contributed by atoms with van der Waals surface area (Å²) in [5.74, 6) is -0.365. The zero-order valence-corrected chi connectivity index (χ0v) is 25.5. The SMILES string of the molecule is CCCCCCCOc1ccc(C(=O)Oc2ccc(CN(CC(C)=O)C(=O)c3ccc(NC(=O)c4ccno4)cc3)cc2)cc1. The minimum absolute atomic E-state index is 0.0615. The van der Waals surface area contributed by atoms with E-state index in [4.69, 9.17) is 14.0 Å². The fourth-order valence-corrected chi connectivity index (χ4v) is 4.50. The Bertz CT molecular complexity index is 1550. The summed E-state index contributed by atoms with van der Waals surface area (Å²) in [6.07, 6.45) is 7.17. The number of anilines is 1. The second kappa shape index (κ2) is 16.6. The molecule has 0 saturated carbocycles. The molecule has 0 spiro atoms. The first-order valence-electron chi connectivity index (χ1n) is 15.0. The number of benzene rings is 3. The molecule has 0 bridgehead atoms. The molecule has 0 aliphatic carbocycles. The van der Waals surface area contributed by atoms with Crippen LogP contribution >= 0.6 is 0 Å². The lowest BCUT2D eigenvalue weighted by Crippen LogP contribution is -2.34. The molecular formula is C35H37N3O7. The third-order valence-electron chi connectivity index (χ3n) is 6.87. The van der Waals surface area contributed by atoms with Gasteiger partial charge in [-0.1, -0.05) is 49.9 Å². The first-order valence-corrected chi connectivity index (χ1v) is 15.0. The van der Waals surface area contributed by atoms with Gasteiger partial charge in [0.1, 0.15) is 17.3 Å². The molecule has 1 aromatic heterocycles. The van der Waals surface area contributed by atoms with E-state index in [1.807, 2.05) is 0 Å². The van der Waals surface area contributed by atoms with Crippen LogP contribution in [0.2, 0.25) is 0 Å². The van der Waals surface area contributed by atoms with Gasteiger partial charge >= 0.3 is 5.97 Å². The zero-order valence-electron chi connectivity index (χ0n) is 25.5. The fourth-order valence-electron chi connectivity index (χ4n) is 4.50. The number of hydrogen-bond donors (Lipinski definition) is 1. The van der Waals surface area contributed by atoms with Crippen LogP contribution in [0.4, 0.5) is 5.69 Å². The molecule has 2 amide bonds. The van der Waals surface area contributed by atoms with Gasteiger partial charge in [-0.15, -0.1) is 0 Å². The van der Waals surface area contributed by atoms with Gasteiger partial charge in [-0.3, -0.25) is 14.4 Å². The number of aromatic nitrogens is 1. The number of carbonyl (C=O) groups is 4. The van der Waals surface area contributed by atoms with Crippen molar-refractivity contribution in [1.82, 2.24) is 10.1 Å². The number of nitrogens with one attached hydrogen (secondary N) is 1. The second-order valence-corrected chi connectivity index (χ2v) is 10.6. The first kappa shape index (κ1) is 32.7. The smallest absolute Gasteiger partial charge is 0.343 e. The van der Waals surface area contributed by atoms with Crippen LogP contribution in [-0.4, -0.2) is 46.8 Å². The fraction of sp³-hybridized carbons (Fsp3) is 0.286. The third-order valence-corrected chi connectivity index (χ3v) is 6.87. The number of nitrogens with zero attached hydrogens (tertiary/aromatic N) is 2. The monoisotopic (exact) mass is 611 g/mol. The molecule has 0 radical (unpaired) electrons. The van der Waals surface area contributed by atoms with E-state index in [9.17, 15) is 19.2 Å². The molecule has 10 nitrogen and oxygen atoms in total. The largest absolute Gasteiger partial charge is 0.494 e. The Morgan fingerprint density at radius 2 is 1.47 bits per heavy atom. The predicted octanol–water partition coefficient (Wildman–Crippen LogP) is 6.73. The van der Waals surface area contributed by atoms with Crippen LogP contribution in [-0.2, 0) is 11.3 Å². The molecule has 1 N–H and O–H groups in total. The maximum Gasteiger partial charge on any atom is 0.343 e. The number of unbranched alkanes of at least 4 members (excludes halogenated alkanes) is 4. The van der Waals surface area contributed by atoms with Crippen LogP contribution in [0.15, 0.2) is 89.6 Å². The highest BCUT2D eigenvalue weighted by Gasteiger charge is 2.19. The average molecular weight is 612 g/mol. The van der Waals surface area contributed by atoms with Gasteiger partial charge in [0.05, 0.1) is 24.9 Å². The average Bonchev–Trinajstić information content (AvgIpc) is 3.59. The van der Waals surface area contributed by atoms with Crippen molar-refractivity contribution in [1.29, 1.82) is 0 Å². The van der Waals surface area contributed by atoms with Crippen molar-refractivity contribution in [3.05, 3.63) is 108 Å². The van der Waals surface area contributed by atoms with Crippen molar-refractivity contribution in [2.75, 3.05) is 18.5 Å². The minimum atomic E-state index is -0.497. The number of ether oxygens (including phenoxy) is 2. The Kier molecular flexibility index (Phi) is 12.0. The first-order chi connectivity index (χ1) is 21.8. The van der Waals surface area contributed by atoms with E-state index in [-0.39, 0.29) is 30.5 Å². The van der Waals surface area contributed by atoms with Gasteiger partial charge in [0, 0.05) is 23.9 Å². The maximum atomic E-state index is 13.3. The Morgan fingerprint density at radius 3 is 2.11 bits per heavy atom. The molecular weight excluding hydrogens is 574 g/mol. The van der Waals surface area contributed by atoms with Crippen LogP contribution in [0.25, 0.3) is 0 Å². The van der Waals surface area contributed by atoms with Crippen molar-refractivity contribution in [3.8, 4) is 11.5 Å². The molecule has 4 aromatic rings. The number of Topliss-reactive ketones (excluding diaryl/α,β-unsaturated/α-hetero) is 1. The molecule has 45 heavy (non-hydrogen) atoms. The summed E-state index contributed by atoms with van der Waals surface area (Å²) in [7, 11) is 0. The van der Waals surface area contributed by atoms with E-state index >= 15 is 0 Å². The normalized spacial score (nSPS) is 10.6. The maximum absolute atomic E-state index is 13.3. The summed E-state index contributed by atoms with van der Waals surface area (Å²) >= 11 is 0. The van der Waals surface area contributed by atoms with Gasteiger partial charge < -0.3 is 24.2 Å². The van der Waals surface area contributed by atoms with Gasteiger partial charge in [-0.05, 0) is 79.6 Å². The van der Waals surface area contributed by atoms with Crippen LogP contribution in [0.1, 0.15) is 82.8 Å². The molecule has 0 unspecified atom stereocenters. The molecule has 234 valence electrons. The highest BCUT2D eigenvalue weighted by atomic mass is 16.5. The van der Waals surface area contributed by atoms with Gasteiger partial charge in [0.2, 0.25) is 5.76 Å². The molecule has 3 aromatic carbocycles. The highest BCUT2D eigenvalue weighted by Crippen LogP contribution is 2.20. The summed E-state index contributed by atoms with van der Waals surface area (Å²) < 4.78 is 16.1. The highest BCUT2D eigenvalue weighted by molar-refractivity contribution is 6.02. The summed E-state index contributed by atoms with van der Waals surface area (Å²) in [6, 6.07) is 21.4. The quantitative estimate of drug-likeness (QED) is 0.0840. The molecule has 1 heterocycles. The minimum Gasteiger partial charge on any atom is -0.494 e. The lowest BCUT2D eigenvalue weighted by molar-refractivity contribution is -0.117. The summed E-state index contributed by atoms with van der Waals surface area (Å²) in [5, 5.41) is 6.17. The topological polar surface area (TPSA) is 128 Å². The molecule has 0 saturated heterocycles. The number of esters is 1. The van der Waals surface area contributed by atoms with Gasteiger partial charge in [0.15, 0.2) is 0 Å². The Labute approximate surface area is 262 Å². The van der Waals surface area contributed by atoms with Crippen molar-refractivity contribution in [2.24, 2.45) is 0 Å². The zero-order chi connectivity index (χ0) is 32.0. The van der Waals surface area contributed by atoms with E-state index < -0.39 is 11.9 Å². The van der Waals surface area contributed by atoms with Gasteiger partial charge in [0.25, 0.3) is 11.8 Å². The Balaban J connectivity index is 1.30. The third kappa shape index (κ3) is 10.2. The van der Waals surface area contributed by atoms with E-state index in [1.54, 1.807) is 72.8 Å². The van der Waals surface area contributed by atoms with Crippen molar-refractivity contribution < 1.29 is 33.2 Å². The number of carbonyl (C=O) groups excluding carboxylic acids is 4. The lowest BCUT2D eigenvalue weighted by atomic mass is 10.1. The number of hydrogen-bond acceptors (Lipinski definition) is 8. The molecule has 0 atom stereocenters. The molecule has 0 fully saturated rings. The van der Waals surface area contributed by atoms with Crippen LogP contribution < -0.4 is 14.8 Å². The summed E-state index contributed by atoms with van der Waals surface area (Å²) in [4.78, 5) is 51.5. The van der Waals surface area contributed by atoms with Crippen LogP contribution in [0.5, 0.6) is 11.5 Å². The Morgan fingerprint density at radius 1 is 0.800 bits per heavy atom. The number of rotatable bonds is 16. The second-order valence-electron chi connectivity index (χ2n) is 10.6. The molecule has 10 heteroatoms. The van der Waals surface area contributed by atoms with Gasteiger partial charge in [-0.25, -0.2) is 4.79 Å². The van der Waals surface area contributed by atoms with E-state index in [2.05, 4.69) is 17.4 Å². The Hall–Kier alpha value is -5.25. The lowest BCUT2D eigenvalue weighted by Gasteiger charge is -2.22. The number of amides is 2. The van der Waals surface area contributed by atoms with Crippen molar-refractivity contribution in [3.63, 3.8) is 0 Å². The van der Waals surface area contributed by atoms with E-state index in [0.717, 1.165) is 18.4 Å². The van der Waals surface area contributed by atoms with Gasteiger partial charge in [-0.2, -0.15) is 0 Å². The molecule has 0 aliphatic heterocycles. The summed E-state index contributed by atoms with van der Waals surface area (Å²) in [5.41, 5.74) is 1.96. The van der Waals surface area contributed by atoms with Crippen molar-refractivity contribution in [2.45, 2.75) is 52.5 Å². The predicted molar refractivity (Wildman–Crippen MR) is 168 cm³/mol. The molecule has 4 rings (SSSR count). The van der Waals surface area contributed by atoms with Crippen molar-refractivity contribution >= 4 is 29.3 Å².